The van der Waals surface area contributed by atoms with Crippen molar-refractivity contribution in [3.8, 4) is 5.75 Å². The van der Waals surface area contributed by atoms with E-state index in [2.05, 4.69) is 10.2 Å². The lowest BCUT2D eigenvalue weighted by Gasteiger charge is -2.11. The van der Waals surface area contributed by atoms with Crippen LogP contribution in [0.1, 0.15) is 18.0 Å². The zero-order valence-electron chi connectivity index (χ0n) is 8.55. The summed E-state index contributed by atoms with van der Waals surface area (Å²) in [5.41, 5.74) is 5.50. The molecule has 1 atom stereocenters. The monoisotopic (exact) mass is 255 g/mol. The summed E-state index contributed by atoms with van der Waals surface area (Å²) in [7, 11) is 0. The molecule has 0 saturated heterocycles. The number of nitrogen functional groups attached to an aromatic ring is 1. The van der Waals surface area contributed by atoms with Gasteiger partial charge in [-0.15, -0.1) is 10.2 Å². The number of hydrogen-bond acceptors (Lipinski definition) is 5. The lowest BCUT2D eigenvalue weighted by atomic mass is 10.3. The highest BCUT2D eigenvalue weighted by Crippen LogP contribution is 2.26. The average molecular weight is 256 g/mol. The Balaban J connectivity index is 2.10. The Morgan fingerprint density at radius 2 is 2.25 bits per heavy atom. The van der Waals surface area contributed by atoms with Gasteiger partial charge in [0, 0.05) is 5.02 Å². The van der Waals surface area contributed by atoms with Crippen LogP contribution in [0.3, 0.4) is 0 Å². The van der Waals surface area contributed by atoms with Gasteiger partial charge in [-0.25, -0.2) is 0 Å². The molecule has 84 valence electrons. The third kappa shape index (κ3) is 2.62. The molecule has 0 spiro atoms. The number of rotatable bonds is 3. The highest BCUT2D eigenvalue weighted by Gasteiger charge is 2.12. The molecule has 0 aliphatic carbocycles. The van der Waals surface area contributed by atoms with E-state index >= 15 is 0 Å². The molecule has 1 aromatic heterocycles. The fourth-order valence-electron chi connectivity index (χ4n) is 1.21. The predicted molar refractivity (Wildman–Crippen MR) is 64.8 cm³/mol. The fourth-order valence-corrected chi connectivity index (χ4v) is 1.98. The third-order valence-corrected chi connectivity index (χ3v) is 3.06. The summed E-state index contributed by atoms with van der Waals surface area (Å²) in [6.07, 6.45) is -0.187. The molecule has 6 heteroatoms. The molecule has 2 N–H and O–H groups in total. The number of ether oxygens (including phenoxy) is 1. The van der Waals surface area contributed by atoms with Crippen LogP contribution in [0.2, 0.25) is 5.02 Å². The summed E-state index contributed by atoms with van der Waals surface area (Å²) in [6, 6.07) is 7.22. The Morgan fingerprint density at radius 3 is 2.88 bits per heavy atom. The molecule has 4 nitrogen and oxygen atoms in total. The van der Waals surface area contributed by atoms with Gasteiger partial charge in [-0.3, -0.25) is 0 Å². The topological polar surface area (TPSA) is 61.0 Å². The molecule has 0 radical (unpaired) electrons. The first-order chi connectivity index (χ1) is 7.65. The van der Waals surface area contributed by atoms with Gasteiger partial charge < -0.3 is 10.5 Å². The molecule has 1 aromatic carbocycles. The molecule has 0 unspecified atom stereocenters. The first-order valence-electron chi connectivity index (χ1n) is 4.66. The summed E-state index contributed by atoms with van der Waals surface area (Å²) in [5.74, 6) is 0.703. The predicted octanol–water partition coefficient (Wildman–Crippen LogP) is 2.91. The molecule has 0 saturated carbocycles. The highest BCUT2D eigenvalue weighted by atomic mass is 35.5. The van der Waals surface area contributed by atoms with Crippen LogP contribution in [-0.4, -0.2) is 10.2 Å². The van der Waals surface area contributed by atoms with E-state index in [1.165, 1.54) is 11.3 Å². The van der Waals surface area contributed by atoms with Crippen molar-refractivity contribution in [2.45, 2.75) is 13.0 Å². The summed E-state index contributed by atoms with van der Waals surface area (Å²) in [5, 5.41) is 9.49. The molecule has 0 amide bonds. The van der Waals surface area contributed by atoms with Crippen LogP contribution in [0.5, 0.6) is 5.75 Å². The first kappa shape index (κ1) is 11.2. The van der Waals surface area contributed by atoms with Gasteiger partial charge in [0.15, 0.2) is 5.01 Å². The molecule has 2 rings (SSSR count). The van der Waals surface area contributed by atoms with Crippen molar-refractivity contribution in [2.24, 2.45) is 0 Å². The molecule has 2 aromatic rings. The number of aromatic nitrogens is 2. The maximum Gasteiger partial charge on any atom is 0.203 e. The van der Waals surface area contributed by atoms with Crippen molar-refractivity contribution in [1.29, 1.82) is 0 Å². The van der Waals surface area contributed by atoms with Gasteiger partial charge in [0.1, 0.15) is 11.9 Å². The second-order valence-corrected chi connectivity index (χ2v) is 4.67. The van der Waals surface area contributed by atoms with Crippen molar-refractivity contribution >= 4 is 28.1 Å². The number of halogens is 1. The SMILES string of the molecule is C[C@H](Oc1cccc(Cl)c1)c1nnc(N)s1. The van der Waals surface area contributed by atoms with E-state index < -0.39 is 0 Å². The van der Waals surface area contributed by atoms with Crippen LogP contribution in [0, 0.1) is 0 Å². The molecule has 16 heavy (non-hydrogen) atoms. The van der Waals surface area contributed by atoms with Crippen LogP contribution in [-0.2, 0) is 0 Å². The molecular formula is C10H10ClN3OS. The number of nitrogens with two attached hydrogens (primary N) is 1. The van der Waals surface area contributed by atoms with Crippen LogP contribution >= 0.6 is 22.9 Å². The Kier molecular flexibility index (Phi) is 3.26. The lowest BCUT2D eigenvalue weighted by molar-refractivity contribution is 0.225. The van der Waals surface area contributed by atoms with Crippen molar-refractivity contribution < 1.29 is 4.74 Å². The van der Waals surface area contributed by atoms with Crippen LogP contribution < -0.4 is 10.5 Å². The van der Waals surface area contributed by atoms with Crippen molar-refractivity contribution in [1.82, 2.24) is 10.2 Å². The molecule has 0 aliphatic heterocycles. The van der Waals surface area contributed by atoms with E-state index in [0.717, 1.165) is 5.01 Å². The Morgan fingerprint density at radius 1 is 1.44 bits per heavy atom. The van der Waals surface area contributed by atoms with Crippen molar-refractivity contribution in [2.75, 3.05) is 5.73 Å². The maximum absolute atomic E-state index is 5.85. The molecule has 1 heterocycles. The average Bonchev–Trinajstić information content (AvgIpc) is 2.65. The molecule has 0 aliphatic rings. The van der Waals surface area contributed by atoms with Gasteiger partial charge >= 0.3 is 0 Å². The van der Waals surface area contributed by atoms with Gasteiger partial charge in [0.05, 0.1) is 0 Å². The van der Waals surface area contributed by atoms with E-state index in [9.17, 15) is 0 Å². The summed E-state index contributed by atoms with van der Waals surface area (Å²) >= 11 is 7.17. The minimum Gasteiger partial charge on any atom is -0.483 e. The Hall–Kier alpha value is -1.33. The Labute approximate surface area is 102 Å². The van der Waals surface area contributed by atoms with Gasteiger partial charge in [-0.1, -0.05) is 29.0 Å². The highest BCUT2D eigenvalue weighted by molar-refractivity contribution is 7.15. The largest absolute Gasteiger partial charge is 0.483 e. The van der Waals surface area contributed by atoms with Gasteiger partial charge in [0.2, 0.25) is 5.13 Å². The van der Waals surface area contributed by atoms with Crippen LogP contribution in [0.15, 0.2) is 24.3 Å². The van der Waals surface area contributed by atoms with E-state index in [4.69, 9.17) is 22.1 Å². The molecule has 0 bridgehead atoms. The second-order valence-electron chi connectivity index (χ2n) is 3.20. The van der Waals surface area contributed by atoms with E-state index in [-0.39, 0.29) is 6.10 Å². The fraction of sp³-hybridized carbons (Fsp3) is 0.200. The number of benzene rings is 1. The third-order valence-electron chi connectivity index (χ3n) is 1.91. The van der Waals surface area contributed by atoms with E-state index in [1.807, 2.05) is 19.1 Å². The number of nitrogens with zero attached hydrogens (tertiary/aromatic N) is 2. The van der Waals surface area contributed by atoms with Crippen LogP contribution in [0.4, 0.5) is 5.13 Å². The van der Waals surface area contributed by atoms with E-state index in [1.54, 1.807) is 12.1 Å². The van der Waals surface area contributed by atoms with Gasteiger partial charge in [0.25, 0.3) is 0 Å². The second kappa shape index (κ2) is 4.67. The summed E-state index contributed by atoms with van der Waals surface area (Å²) in [4.78, 5) is 0. The van der Waals surface area contributed by atoms with Crippen molar-refractivity contribution in [3.63, 3.8) is 0 Å². The zero-order chi connectivity index (χ0) is 11.5. The Bertz CT molecular complexity index is 488. The zero-order valence-corrected chi connectivity index (χ0v) is 10.1. The van der Waals surface area contributed by atoms with Crippen LogP contribution in [0.25, 0.3) is 0 Å². The minimum absolute atomic E-state index is 0.187. The minimum atomic E-state index is -0.187. The number of hydrogen-bond donors (Lipinski definition) is 1. The standard InChI is InChI=1S/C10H10ClN3OS/c1-6(9-13-14-10(12)16-9)15-8-4-2-3-7(11)5-8/h2-6H,1H3,(H2,12,14)/t6-/m0/s1. The maximum atomic E-state index is 5.85. The first-order valence-corrected chi connectivity index (χ1v) is 5.85. The number of anilines is 1. The quantitative estimate of drug-likeness (QED) is 0.916. The van der Waals surface area contributed by atoms with Gasteiger partial charge in [-0.2, -0.15) is 0 Å². The molecular weight excluding hydrogens is 246 g/mol. The van der Waals surface area contributed by atoms with Gasteiger partial charge in [-0.05, 0) is 25.1 Å². The summed E-state index contributed by atoms with van der Waals surface area (Å²) < 4.78 is 5.66. The van der Waals surface area contributed by atoms with Crippen molar-refractivity contribution in [3.05, 3.63) is 34.3 Å². The smallest absolute Gasteiger partial charge is 0.203 e. The summed E-state index contributed by atoms with van der Waals surface area (Å²) in [6.45, 7) is 1.89. The molecule has 0 fully saturated rings. The lowest BCUT2D eigenvalue weighted by Crippen LogP contribution is -2.02. The normalized spacial score (nSPS) is 12.4. The van der Waals surface area contributed by atoms with E-state index in [0.29, 0.717) is 15.9 Å².